The molecule has 6 heteroatoms. The summed E-state index contributed by atoms with van der Waals surface area (Å²) in [6.07, 6.45) is 2.93. The summed E-state index contributed by atoms with van der Waals surface area (Å²) in [7, 11) is 1.34. The lowest BCUT2D eigenvalue weighted by Gasteiger charge is -2.17. The number of methoxy groups -OCH3 is 1. The van der Waals surface area contributed by atoms with Crippen LogP contribution in [0, 0.1) is 0 Å². The average molecular weight is 258 g/mol. The van der Waals surface area contributed by atoms with E-state index in [1.165, 1.54) is 19.5 Å². The largest absolute Gasteiger partial charge is 0.467 e. The highest BCUT2D eigenvalue weighted by atomic mass is 16.5. The molecule has 1 aromatic heterocycles. The van der Waals surface area contributed by atoms with Crippen molar-refractivity contribution in [2.75, 3.05) is 18.2 Å². The number of carbonyl (C=O) groups excluding carboxylic acids is 1. The van der Waals surface area contributed by atoms with Crippen LogP contribution in [0.3, 0.4) is 0 Å². The van der Waals surface area contributed by atoms with E-state index in [1.54, 1.807) is 0 Å². The van der Waals surface area contributed by atoms with E-state index in [1.807, 2.05) is 30.3 Å². The maximum atomic E-state index is 11.8. The highest BCUT2D eigenvalue weighted by molar-refractivity contribution is 5.80. The van der Waals surface area contributed by atoms with Crippen molar-refractivity contribution in [2.24, 2.45) is 0 Å². The molecule has 0 aliphatic heterocycles. The first-order valence-corrected chi connectivity index (χ1v) is 5.67. The summed E-state index contributed by atoms with van der Waals surface area (Å²) in [6, 6.07) is 8.57. The van der Waals surface area contributed by atoms with E-state index in [-0.39, 0.29) is 5.82 Å². The minimum Gasteiger partial charge on any atom is -0.467 e. The molecule has 19 heavy (non-hydrogen) atoms. The monoisotopic (exact) mass is 258 g/mol. The lowest BCUT2D eigenvalue weighted by molar-refractivity contribution is -0.141. The summed E-state index contributed by atoms with van der Waals surface area (Å²) in [5, 5.41) is 2.96. The standard InChI is InChI=1S/C13H14N4O2/c1-19-13(18)12(9-5-3-2-4-6-9)17-11-8-15-7-10(14)16-11/h2-8,12H,1H3,(H3,14,16,17). The predicted molar refractivity (Wildman–Crippen MR) is 71.3 cm³/mol. The van der Waals surface area contributed by atoms with Crippen LogP contribution < -0.4 is 11.1 Å². The van der Waals surface area contributed by atoms with Crippen molar-refractivity contribution >= 4 is 17.6 Å². The number of hydrogen-bond acceptors (Lipinski definition) is 6. The van der Waals surface area contributed by atoms with Crippen molar-refractivity contribution in [3.05, 3.63) is 48.3 Å². The predicted octanol–water partition coefficient (Wildman–Crippen LogP) is 1.38. The normalized spacial score (nSPS) is 11.6. The number of anilines is 2. The number of nitrogen functional groups attached to an aromatic ring is 1. The smallest absolute Gasteiger partial charge is 0.333 e. The molecule has 2 aromatic rings. The molecule has 0 saturated carbocycles. The first-order chi connectivity index (χ1) is 9.20. The van der Waals surface area contributed by atoms with Gasteiger partial charge in [-0.25, -0.2) is 9.78 Å². The van der Waals surface area contributed by atoms with E-state index in [2.05, 4.69) is 15.3 Å². The quantitative estimate of drug-likeness (QED) is 0.805. The number of hydrogen-bond donors (Lipinski definition) is 2. The highest BCUT2D eigenvalue weighted by Crippen LogP contribution is 2.19. The van der Waals surface area contributed by atoms with Crippen LogP contribution in [-0.4, -0.2) is 23.0 Å². The number of nitrogens with one attached hydrogen (secondary N) is 1. The van der Waals surface area contributed by atoms with Crippen molar-refractivity contribution in [2.45, 2.75) is 6.04 Å². The van der Waals surface area contributed by atoms with Gasteiger partial charge in [0.2, 0.25) is 0 Å². The van der Waals surface area contributed by atoms with Gasteiger partial charge in [-0.05, 0) is 5.56 Å². The molecule has 1 unspecified atom stereocenters. The van der Waals surface area contributed by atoms with Crippen LogP contribution in [0.5, 0.6) is 0 Å². The number of nitrogens with zero attached hydrogens (tertiary/aromatic N) is 2. The van der Waals surface area contributed by atoms with Crippen LogP contribution in [-0.2, 0) is 9.53 Å². The molecule has 0 spiro atoms. The minimum atomic E-state index is -0.651. The lowest BCUT2D eigenvalue weighted by Crippen LogP contribution is -2.23. The Bertz CT molecular complexity index is 560. The van der Waals surface area contributed by atoms with Crippen molar-refractivity contribution in [1.29, 1.82) is 0 Å². The van der Waals surface area contributed by atoms with E-state index in [9.17, 15) is 4.79 Å². The minimum absolute atomic E-state index is 0.279. The number of ether oxygens (including phenoxy) is 1. The maximum absolute atomic E-state index is 11.8. The van der Waals surface area contributed by atoms with Crippen molar-refractivity contribution in [1.82, 2.24) is 9.97 Å². The van der Waals surface area contributed by atoms with Gasteiger partial charge in [-0.2, -0.15) is 0 Å². The zero-order valence-corrected chi connectivity index (χ0v) is 10.4. The Hall–Kier alpha value is -2.63. The van der Waals surface area contributed by atoms with Crippen LogP contribution in [0.1, 0.15) is 11.6 Å². The Kier molecular flexibility index (Phi) is 3.92. The van der Waals surface area contributed by atoms with Gasteiger partial charge in [0.15, 0.2) is 6.04 Å². The summed E-state index contributed by atoms with van der Waals surface area (Å²) in [4.78, 5) is 19.8. The van der Waals surface area contributed by atoms with Gasteiger partial charge in [0.05, 0.1) is 19.5 Å². The molecule has 3 N–H and O–H groups in total. The third kappa shape index (κ3) is 3.19. The summed E-state index contributed by atoms with van der Waals surface area (Å²) < 4.78 is 4.79. The zero-order chi connectivity index (χ0) is 13.7. The molecular weight excluding hydrogens is 244 g/mol. The van der Waals surface area contributed by atoms with Crippen LogP contribution in [0.15, 0.2) is 42.7 Å². The molecule has 0 aliphatic rings. The van der Waals surface area contributed by atoms with Gasteiger partial charge in [-0.1, -0.05) is 30.3 Å². The Labute approximate surface area is 110 Å². The van der Waals surface area contributed by atoms with Gasteiger partial charge in [-0.15, -0.1) is 0 Å². The number of rotatable bonds is 4. The molecule has 0 saturated heterocycles. The summed E-state index contributed by atoms with van der Waals surface area (Å²) in [5.74, 6) is 0.288. The van der Waals surface area contributed by atoms with E-state index in [4.69, 9.17) is 10.5 Å². The second-order valence-corrected chi connectivity index (χ2v) is 3.84. The molecule has 0 aliphatic carbocycles. The molecule has 1 aromatic carbocycles. The van der Waals surface area contributed by atoms with Crippen LogP contribution in [0.4, 0.5) is 11.6 Å². The highest BCUT2D eigenvalue weighted by Gasteiger charge is 2.21. The molecular formula is C13H14N4O2. The lowest BCUT2D eigenvalue weighted by atomic mass is 10.1. The second-order valence-electron chi connectivity index (χ2n) is 3.84. The van der Waals surface area contributed by atoms with Crippen molar-refractivity contribution in [3.8, 4) is 0 Å². The average Bonchev–Trinajstić information content (AvgIpc) is 2.45. The number of nitrogens with two attached hydrogens (primary N) is 1. The van der Waals surface area contributed by atoms with Gasteiger partial charge in [0, 0.05) is 0 Å². The molecule has 98 valence electrons. The zero-order valence-electron chi connectivity index (χ0n) is 10.4. The summed E-state index contributed by atoms with van der Waals surface area (Å²) >= 11 is 0. The summed E-state index contributed by atoms with van der Waals surface area (Å²) in [5.41, 5.74) is 6.33. The maximum Gasteiger partial charge on any atom is 0.333 e. The van der Waals surface area contributed by atoms with E-state index in [0.717, 1.165) is 5.56 Å². The fourth-order valence-electron chi connectivity index (χ4n) is 1.64. The Morgan fingerprint density at radius 1 is 1.32 bits per heavy atom. The Morgan fingerprint density at radius 2 is 2.05 bits per heavy atom. The van der Waals surface area contributed by atoms with Crippen molar-refractivity contribution in [3.63, 3.8) is 0 Å². The van der Waals surface area contributed by atoms with Gasteiger partial charge < -0.3 is 15.8 Å². The molecule has 2 rings (SSSR count). The molecule has 0 amide bonds. The number of aromatic nitrogens is 2. The molecule has 6 nitrogen and oxygen atoms in total. The molecule has 0 radical (unpaired) electrons. The Morgan fingerprint density at radius 3 is 2.68 bits per heavy atom. The fourth-order valence-corrected chi connectivity index (χ4v) is 1.64. The Balaban J connectivity index is 2.27. The number of benzene rings is 1. The number of carbonyl (C=O) groups is 1. The van der Waals surface area contributed by atoms with Crippen LogP contribution in [0.2, 0.25) is 0 Å². The topological polar surface area (TPSA) is 90.1 Å². The molecule has 1 atom stereocenters. The number of esters is 1. The summed E-state index contributed by atoms with van der Waals surface area (Å²) in [6.45, 7) is 0. The SMILES string of the molecule is COC(=O)C(Nc1cncc(N)n1)c1ccccc1. The first kappa shape index (κ1) is 12.8. The van der Waals surface area contributed by atoms with Crippen LogP contribution >= 0.6 is 0 Å². The molecule has 0 fully saturated rings. The van der Waals surface area contributed by atoms with Gasteiger partial charge in [-0.3, -0.25) is 4.98 Å². The van der Waals surface area contributed by atoms with E-state index >= 15 is 0 Å². The van der Waals surface area contributed by atoms with Gasteiger partial charge >= 0.3 is 5.97 Å². The van der Waals surface area contributed by atoms with Gasteiger partial charge in [0.25, 0.3) is 0 Å². The van der Waals surface area contributed by atoms with Gasteiger partial charge in [0.1, 0.15) is 11.6 Å². The fraction of sp³-hybridized carbons (Fsp3) is 0.154. The third-order valence-electron chi connectivity index (χ3n) is 2.52. The third-order valence-corrected chi connectivity index (χ3v) is 2.52. The van der Waals surface area contributed by atoms with E-state index in [0.29, 0.717) is 5.82 Å². The van der Waals surface area contributed by atoms with E-state index < -0.39 is 12.0 Å². The van der Waals surface area contributed by atoms with Crippen LogP contribution in [0.25, 0.3) is 0 Å². The molecule has 0 bridgehead atoms. The molecule has 1 heterocycles. The second kappa shape index (κ2) is 5.81. The van der Waals surface area contributed by atoms with Crippen molar-refractivity contribution < 1.29 is 9.53 Å². The first-order valence-electron chi connectivity index (χ1n) is 5.67.